The largest absolute Gasteiger partial charge is 0.550 e. The minimum absolute atomic E-state index is 0.148. The molecule has 0 atom stereocenters. The van der Waals surface area contributed by atoms with E-state index in [1.807, 2.05) is 12.1 Å². The van der Waals surface area contributed by atoms with E-state index in [0.717, 1.165) is 10.2 Å². The van der Waals surface area contributed by atoms with Crippen LogP contribution in [-0.4, -0.2) is 5.97 Å². The lowest BCUT2D eigenvalue weighted by Gasteiger charge is -1.99. The predicted octanol–water partition coefficient (Wildman–Crippen LogP) is 1.58. The summed E-state index contributed by atoms with van der Waals surface area (Å²) in [5, 5.41) is 10.1. The van der Waals surface area contributed by atoms with Crippen molar-refractivity contribution in [2.24, 2.45) is 0 Å². The Morgan fingerprint density at radius 3 is 2.83 bits per heavy atom. The van der Waals surface area contributed by atoms with Crippen LogP contribution in [0.5, 0.6) is 0 Å². The van der Waals surface area contributed by atoms with Gasteiger partial charge in [-0.05, 0) is 47.3 Å². The minimum Gasteiger partial charge on any atom is -0.550 e. The molecule has 1 heterocycles. The fourth-order valence-electron chi connectivity index (χ4n) is 0.893. The molecule has 0 aromatic carbocycles. The van der Waals surface area contributed by atoms with Crippen molar-refractivity contribution in [3.8, 4) is 0 Å². The van der Waals surface area contributed by atoms with Gasteiger partial charge < -0.3 is 9.90 Å². The monoisotopic (exact) mass is 247 g/mol. The van der Waals surface area contributed by atoms with Gasteiger partial charge in [-0.2, -0.15) is 0 Å². The van der Waals surface area contributed by atoms with Crippen LogP contribution >= 0.6 is 27.3 Å². The maximum atomic E-state index is 10.1. The van der Waals surface area contributed by atoms with Crippen molar-refractivity contribution in [2.45, 2.75) is 19.3 Å². The number of halogens is 1. The zero-order chi connectivity index (χ0) is 8.97. The Balaban J connectivity index is 2.29. The summed E-state index contributed by atoms with van der Waals surface area (Å²) in [5.74, 6) is -0.967. The molecular weight excluding hydrogens is 240 g/mol. The first-order chi connectivity index (χ1) is 5.68. The van der Waals surface area contributed by atoms with Crippen molar-refractivity contribution in [2.75, 3.05) is 0 Å². The van der Waals surface area contributed by atoms with E-state index in [1.54, 1.807) is 11.3 Å². The van der Waals surface area contributed by atoms with Gasteiger partial charge in [0.2, 0.25) is 0 Å². The summed E-state index contributed by atoms with van der Waals surface area (Å²) in [6, 6.07) is 3.98. The highest BCUT2D eigenvalue weighted by atomic mass is 79.9. The van der Waals surface area contributed by atoms with E-state index in [9.17, 15) is 9.90 Å². The first kappa shape index (κ1) is 9.74. The molecule has 66 valence electrons. The second-order valence-corrected chi connectivity index (χ2v) is 4.98. The lowest BCUT2D eigenvalue weighted by molar-refractivity contribution is -0.305. The number of carbonyl (C=O) groups excluding carboxylic acids is 1. The molecule has 4 heteroatoms. The summed E-state index contributed by atoms with van der Waals surface area (Å²) in [4.78, 5) is 11.3. The summed E-state index contributed by atoms with van der Waals surface area (Å²) in [7, 11) is 0. The molecular formula is C8H8BrO2S-. The van der Waals surface area contributed by atoms with Crippen LogP contribution in [-0.2, 0) is 11.2 Å². The molecule has 0 radical (unpaired) electrons. The van der Waals surface area contributed by atoms with Gasteiger partial charge in [0.05, 0.1) is 3.79 Å². The Morgan fingerprint density at radius 1 is 1.58 bits per heavy atom. The van der Waals surface area contributed by atoms with E-state index in [0.29, 0.717) is 6.42 Å². The number of aliphatic carboxylic acids is 1. The number of hydrogen-bond acceptors (Lipinski definition) is 3. The highest BCUT2D eigenvalue weighted by Crippen LogP contribution is 2.23. The molecule has 0 fully saturated rings. The minimum atomic E-state index is -0.967. The quantitative estimate of drug-likeness (QED) is 0.811. The van der Waals surface area contributed by atoms with Crippen LogP contribution in [0, 0.1) is 0 Å². The Kier molecular flexibility index (Phi) is 3.75. The van der Waals surface area contributed by atoms with E-state index in [4.69, 9.17) is 0 Å². The summed E-state index contributed by atoms with van der Waals surface area (Å²) < 4.78 is 1.09. The highest BCUT2D eigenvalue weighted by Gasteiger charge is 1.97. The van der Waals surface area contributed by atoms with E-state index in [1.165, 1.54) is 4.88 Å². The normalized spacial score (nSPS) is 10.1. The van der Waals surface area contributed by atoms with Gasteiger partial charge in [0.25, 0.3) is 0 Å². The molecule has 0 aliphatic heterocycles. The highest BCUT2D eigenvalue weighted by molar-refractivity contribution is 9.11. The van der Waals surface area contributed by atoms with Gasteiger partial charge in [0.15, 0.2) is 0 Å². The van der Waals surface area contributed by atoms with Crippen LogP contribution in [0.15, 0.2) is 15.9 Å². The number of thiophene rings is 1. The van der Waals surface area contributed by atoms with E-state index >= 15 is 0 Å². The van der Waals surface area contributed by atoms with Gasteiger partial charge in [0, 0.05) is 10.8 Å². The molecule has 1 rings (SSSR count). The summed E-state index contributed by atoms with van der Waals surface area (Å²) in [6.45, 7) is 0. The van der Waals surface area contributed by atoms with Crippen molar-refractivity contribution in [3.63, 3.8) is 0 Å². The predicted molar refractivity (Wildman–Crippen MR) is 50.0 cm³/mol. The number of rotatable bonds is 4. The summed E-state index contributed by atoms with van der Waals surface area (Å²) in [6.07, 6.45) is 1.63. The van der Waals surface area contributed by atoms with Gasteiger partial charge in [-0.25, -0.2) is 0 Å². The third-order valence-electron chi connectivity index (χ3n) is 1.43. The van der Waals surface area contributed by atoms with E-state index in [-0.39, 0.29) is 6.42 Å². The van der Waals surface area contributed by atoms with Gasteiger partial charge in [-0.15, -0.1) is 11.3 Å². The zero-order valence-electron chi connectivity index (χ0n) is 6.38. The molecule has 0 N–H and O–H groups in total. The molecule has 0 saturated carbocycles. The van der Waals surface area contributed by atoms with Gasteiger partial charge in [0.1, 0.15) is 0 Å². The topological polar surface area (TPSA) is 40.1 Å². The molecule has 1 aromatic heterocycles. The van der Waals surface area contributed by atoms with Crippen molar-refractivity contribution in [1.82, 2.24) is 0 Å². The van der Waals surface area contributed by atoms with Crippen LogP contribution in [0.25, 0.3) is 0 Å². The van der Waals surface area contributed by atoms with Crippen LogP contribution < -0.4 is 5.11 Å². The van der Waals surface area contributed by atoms with Crippen LogP contribution in [0.4, 0.5) is 0 Å². The lowest BCUT2D eigenvalue weighted by Crippen LogP contribution is -2.21. The molecule has 0 amide bonds. The lowest BCUT2D eigenvalue weighted by atomic mass is 10.2. The molecule has 0 aliphatic carbocycles. The van der Waals surface area contributed by atoms with Crippen molar-refractivity contribution < 1.29 is 9.90 Å². The van der Waals surface area contributed by atoms with Crippen molar-refractivity contribution >= 4 is 33.2 Å². The van der Waals surface area contributed by atoms with Crippen LogP contribution in [0.1, 0.15) is 17.7 Å². The Labute approximate surface area is 83.4 Å². The molecule has 0 saturated heterocycles. The number of carboxylic acids is 1. The standard InChI is InChI=1S/C8H9BrO2S/c9-7-5-4-6(12-7)2-1-3-8(10)11/h4-5H,1-3H2,(H,10,11)/p-1. The third-order valence-corrected chi connectivity index (χ3v) is 3.12. The van der Waals surface area contributed by atoms with Gasteiger partial charge in [-0.3, -0.25) is 0 Å². The average Bonchev–Trinajstić information content (AvgIpc) is 2.35. The maximum Gasteiger partial charge on any atom is 0.0701 e. The van der Waals surface area contributed by atoms with Crippen LogP contribution in [0.3, 0.4) is 0 Å². The third kappa shape index (κ3) is 3.36. The molecule has 0 aliphatic rings. The Hall–Kier alpha value is -0.350. The molecule has 12 heavy (non-hydrogen) atoms. The van der Waals surface area contributed by atoms with E-state index < -0.39 is 5.97 Å². The van der Waals surface area contributed by atoms with Gasteiger partial charge in [-0.1, -0.05) is 0 Å². The Bertz CT molecular complexity index is 270. The second-order valence-electron chi connectivity index (χ2n) is 2.43. The van der Waals surface area contributed by atoms with Crippen molar-refractivity contribution in [3.05, 3.63) is 20.8 Å². The smallest absolute Gasteiger partial charge is 0.0701 e. The second kappa shape index (κ2) is 4.62. The molecule has 0 unspecified atom stereocenters. The molecule has 1 aromatic rings. The number of carbonyl (C=O) groups is 1. The maximum absolute atomic E-state index is 10.1. The fourth-order valence-corrected chi connectivity index (χ4v) is 2.42. The zero-order valence-corrected chi connectivity index (χ0v) is 8.78. The van der Waals surface area contributed by atoms with Gasteiger partial charge >= 0.3 is 0 Å². The SMILES string of the molecule is O=C([O-])CCCc1ccc(Br)s1. The van der Waals surface area contributed by atoms with Crippen molar-refractivity contribution in [1.29, 1.82) is 0 Å². The molecule has 2 nitrogen and oxygen atoms in total. The number of carboxylic acid groups (broad SMARTS) is 1. The molecule has 0 spiro atoms. The fraction of sp³-hybridized carbons (Fsp3) is 0.375. The average molecular weight is 248 g/mol. The first-order valence-corrected chi connectivity index (χ1v) is 5.23. The first-order valence-electron chi connectivity index (χ1n) is 3.62. The summed E-state index contributed by atoms with van der Waals surface area (Å²) in [5.41, 5.74) is 0. The Morgan fingerprint density at radius 2 is 2.33 bits per heavy atom. The van der Waals surface area contributed by atoms with Crippen LogP contribution in [0.2, 0.25) is 0 Å². The number of hydrogen-bond donors (Lipinski definition) is 0. The molecule has 0 bridgehead atoms. The number of aryl methyl sites for hydroxylation is 1. The summed E-state index contributed by atoms with van der Waals surface area (Å²) >= 11 is 4.99. The van der Waals surface area contributed by atoms with E-state index in [2.05, 4.69) is 15.9 Å².